The molecule has 0 atom stereocenters. The van der Waals surface area contributed by atoms with Gasteiger partial charge in [-0.05, 0) is 20.8 Å². The molecule has 0 saturated heterocycles. The Kier molecular flexibility index (Phi) is 6.49. The van der Waals surface area contributed by atoms with E-state index in [0.717, 1.165) is 6.54 Å². The van der Waals surface area contributed by atoms with E-state index >= 15 is 0 Å². The molecule has 0 unspecified atom stereocenters. The van der Waals surface area contributed by atoms with Crippen LogP contribution in [0.2, 0.25) is 0 Å². The van der Waals surface area contributed by atoms with E-state index in [4.69, 9.17) is 4.74 Å². The summed E-state index contributed by atoms with van der Waals surface area (Å²) in [5, 5.41) is 6.02. The van der Waals surface area contributed by atoms with Gasteiger partial charge in [-0.15, -0.1) is 0 Å². The zero-order valence-electron chi connectivity index (χ0n) is 9.64. The van der Waals surface area contributed by atoms with Crippen LogP contribution in [0.5, 0.6) is 0 Å². The van der Waals surface area contributed by atoms with Gasteiger partial charge in [0.25, 0.3) is 0 Å². The van der Waals surface area contributed by atoms with E-state index < -0.39 is 0 Å². The first kappa shape index (κ1) is 13.4. The molecule has 0 aliphatic rings. The summed E-state index contributed by atoms with van der Waals surface area (Å²) < 4.78 is 4.87. The standard InChI is InChI=1S/C10H22N2O2/c1-10(2,3)12-9(13)5-6-11-7-8-14-4/h11H,5-8H2,1-4H3,(H,12,13). The summed E-state index contributed by atoms with van der Waals surface area (Å²) in [6.07, 6.45) is 0.515. The minimum atomic E-state index is -0.135. The number of amides is 1. The zero-order chi connectivity index (χ0) is 11.0. The van der Waals surface area contributed by atoms with Crippen molar-refractivity contribution in [2.45, 2.75) is 32.7 Å². The summed E-state index contributed by atoms with van der Waals surface area (Å²) in [4.78, 5) is 11.3. The molecule has 14 heavy (non-hydrogen) atoms. The Hall–Kier alpha value is -0.610. The Morgan fingerprint density at radius 3 is 2.43 bits per heavy atom. The van der Waals surface area contributed by atoms with Crippen LogP contribution in [0.15, 0.2) is 0 Å². The number of carbonyl (C=O) groups is 1. The number of rotatable bonds is 6. The molecule has 0 saturated carbocycles. The lowest BCUT2D eigenvalue weighted by atomic mass is 10.1. The van der Waals surface area contributed by atoms with Gasteiger partial charge in [0.05, 0.1) is 6.61 Å². The highest BCUT2D eigenvalue weighted by Crippen LogP contribution is 1.98. The summed E-state index contributed by atoms with van der Waals surface area (Å²) in [5.74, 6) is 0.0856. The lowest BCUT2D eigenvalue weighted by Gasteiger charge is -2.20. The molecule has 0 aliphatic carbocycles. The molecular weight excluding hydrogens is 180 g/mol. The largest absolute Gasteiger partial charge is 0.383 e. The van der Waals surface area contributed by atoms with Gasteiger partial charge in [0.15, 0.2) is 0 Å². The molecule has 0 heterocycles. The number of nitrogens with one attached hydrogen (secondary N) is 2. The van der Waals surface area contributed by atoms with Crippen LogP contribution >= 0.6 is 0 Å². The quantitative estimate of drug-likeness (QED) is 0.618. The summed E-state index contributed by atoms with van der Waals surface area (Å²) in [7, 11) is 1.66. The Labute approximate surface area is 86.4 Å². The number of carbonyl (C=O) groups excluding carboxylic acids is 1. The van der Waals surface area contributed by atoms with Gasteiger partial charge in [-0.25, -0.2) is 0 Å². The fourth-order valence-electron chi connectivity index (χ4n) is 0.982. The third-order valence-electron chi connectivity index (χ3n) is 1.53. The third kappa shape index (κ3) is 9.48. The second-order valence-electron chi connectivity index (χ2n) is 4.29. The predicted octanol–water partition coefficient (Wildman–Crippen LogP) is 0.527. The molecule has 0 aromatic heterocycles. The maximum atomic E-state index is 11.3. The number of hydrogen-bond donors (Lipinski definition) is 2. The van der Waals surface area contributed by atoms with Crippen molar-refractivity contribution in [3.05, 3.63) is 0 Å². The van der Waals surface area contributed by atoms with Gasteiger partial charge in [-0.1, -0.05) is 0 Å². The normalized spacial score (nSPS) is 11.4. The lowest BCUT2D eigenvalue weighted by molar-refractivity contribution is -0.122. The predicted molar refractivity (Wildman–Crippen MR) is 57.3 cm³/mol. The summed E-state index contributed by atoms with van der Waals surface area (Å²) in [6.45, 7) is 8.10. The summed E-state index contributed by atoms with van der Waals surface area (Å²) >= 11 is 0. The number of methoxy groups -OCH3 is 1. The van der Waals surface area contributed by atoms with Crippen LogP contribution < -0.4 is 10.6 Å². The highest BCUT2D eigenvalue weighted by atomic mass is 16.5. The molecule has 4 nitrogen and oxygen atoms in total. The molecule has 0 radical (unpaired) electrons. The highest BCUT2D eigenvalue weighted by Gasteiger charge is 2.12. The van der Waals surface area contributed by atoms with Crippen LogP contribution in [0.3, 0.4) is 0 Å². The number of hydrogen-bond acceptors (Lipinski definition) is 3. The van der Waals surface area contributed by atoms with E-state index in [9.17, 15) is 4.79 Å². The van der Waals surface area contributed by atoms with Gasteiger partial charge in [0.2, 0.25) is 5.91 Å². The van der Waals surface area contributed by atoms with Gasteiger partial charge in [-0.2, -0.15) is 0 Å². The molecule has 0 fully saturated rings. The van der Waals surface area contributed by atoms with Crippen LogP contribution in [-0.4, -0.2) is 38.3 Å². The molecule has 84 valence electrons. The second-order valence-corrected chi connectivity index (χ2v) is 4.29. The van der Waals surface area contributed by atoms with E-state index in [1.165, 1.54) is 0 Å². The van der Waals surface area contributed by atoms with Crippen LogP contribution in [0.4, 0.5) is 0 Å². The molecule has 0 aromatic rings. The average molecular weight is 202 g/mol. The van der Waals surface area contributed by atoms with E-state index in [-0.39, 0.29) is 11.4 Å². The van der Waals surface area contributed by atoms with Crippen molar-refractivity contribution >= 4 is 5.91 Å². The molecular formula is C10H22N2O2. The molecule has 2 N–H and O–H groups in total. The first-order valence-corrected chi connectivity index (χ1v) is 4.96. The SMILES string of the molecule is COCCNCCC(=O)NC(C)(C)C. The van der Waals surface area contributed by atoms with Crippen molar-refractivity contribution in [3.63, 3.8) is 0 Å². The molecule has 0 aliphatic heterocycles. The van der Waals surface area contributed by atoms with Crippen molar-refractivity contribution in [2.24, 2.45) is 0 Å². The minimum absolute atomic E-state index is 0.0856. The maximum Gasteiger partial charge on any atom is 0.221 e. The van der Waals surface area contributed by atoms with E-state index in [1.54, 1.807) is 7.11 Å². The van der Waals surface area contributed by atoms with Crippen molar-refractivity contribution < 1.29 is 9.53 Å². The van der Waals surface area contributed by atoms with Gasteiger partial charge in [0, 0.05) is 32.2 Å². The zero-order valence-corrected chi connectivity index (χ0v) is 9.64. The molecule has 0 spiro atoms. The van der Waals surface area contributed by atoms with E-state index in [1.807, 2.05) is 20.8 Å². The summed E-state index contributed by atoms with van der Waals surface area (Å²) in [6, 6.07) is 0. The van der Waals surface area contributed by atoms with Crippen LogP contribution in [0.25, 0.3) is 0 Å². The number of ether oxygens (including phenoxy) is 1. The molecule has 0 bridgehead atoms. The fourth-order valence-corrected chi connectivity index (χ4v) is 0.982. The lowest BCUT2D eigenvalue weighted by Crippen LogP contribution is -2.41. The van der Waals surface area contributed by atoms with Crippen molar-refractivity contribution in [2.75, 3.05) is 26.8 Å². The van der Waals surface area contributed by atoms with Crippen molar-refractivity contribution in [1.82, 2.24) is 10.6 Å². The molecule has 1 amide bonds. The minimum Gasteiger partial charge on any atom is -0.383 e. The first-order chi connectivity index (χ1) is 6.45. The average Bonchev–Trinajstić information content (AvgIpc) is 2.00. The van der Waals surface area contributed by atoms with Crippen LogP contribution in [0.1, 0.15) is 27.2 Å². The van der Waals surface area contributed by atoms with Gasteiger partial charge in [-0.3, -0.25) is 4.79 Å². The highest BCUT2D eigenvalue weighted by molar-refractivity contribution is 5.76. The van der Waals surface area contributed by atoms with E-state index in [2.05, 4.69) is 10.6 Å². The van der Waals surface area contributed by atoms with E-state index in [0.29, 0.717) is 19.6 Å². The maximum absolute atomic E-state index is 11.3. The Morgan fingerprint density at radius 2 is 1.93 bits per heavy atom. The Bertz CT molecular complexity index is 164. The Balaban J connectivity index is 3.36. The monoisotopic (exact) mass is 202 g/mol. The molecule has 0 rings (SSSR count). The topological polar surface area (TPSA) is 50.4 Å². The Morgan fingerprint density at radius 1 is 1.29 bits per heavy atom. The van der Waals surface area contributed by atoms with Crippen molar-refractivity contribution in [3.8, 4) is 0 Å². The molecule has 4 heteroatoms. The van der Waals surface area contributed by atoms with Crippen LogP contribution in [-0.2, 0) is 9.53 Å². The van der Waals surface area contributed by atoms with Gasteiger partial charge < -0.3 is 15.4 Å². The van der Waals surface area contributed by atoms with Gasteiger partial charge in [0.1, 0.15) is 0 Å². The first-order valence-electron chi connectivity index (χ1n) is 4.96. The fraction of sp³-hybridized carbons (Fsp3) is 0.900. The smallest absolute Gasteiger partial charge is 0.221 e. The van der Waals surface area contributed by atoms with Crippen molar-refractivity contribution in [1.29, 1.82) is 0 Å². The molecule has 0 aromatic carbocycles. The second kappa shape index (κ2) is 6.79. The summed E-state index contributed by atoms with van der Waals surface area (Å²) in [5.41, 5.74) is -0.135. The van der Waals surface area contributed by atoms with Gasteiger partial charge >= 0.3 is 0 Å². The van der Waals surface area contributed by atoms with Crippen LogP contribution in [0, 0.1) is 0 Å². The third-order valence-corrected chi connectivity index (χ3v) is 1.53.